The summed E-state index contributed by atoms with van der Waals surface area (Å²) >= 11 is 0. The number of carbonyl (C=O) groups is 2. The lowest BCUT2D eigenvalue weighted by Gasteiger charge is -2.38. The molecule has 2 aliphatic rings. The van der Waals surface area contributed by atoms with Crippen molar-refractivity contribution in [3.8, 4) is 0 Å². The summed E-state index contributed by atoms with van der Waals surface area (Å²) in [7, 11) is -3.70. The Kier molecular flexibility index (Phi) is 7.39. The van der Waals surface area contributed by atoms with E-state index in [2.05, 4.69) is 10.0 Å². The van der Waals surface area contributed by atoms with Crippen molar-refractivity contribution in [1.29, 1.82) is 0 Å². The van der Waals surface area contributed by atoms with E-state index in [9.17, 15) is 31.2 Å². The van der Waals surface area contributed by atoms with E-state index in [4.69, 9.17) is 0 Å². The Morgan fingerprint density at radius 2 is 1.83 bits per heavy atom. The molecular formula is C24H27F3N4O4S. The summed E-state index contributed by atoms with van der Waals surface area (Å²) in [5, 5.41) is 2.60. The molecule has 36 heavy (non-hydrogen) atoms. The van der Waals surface area contributed by atoms with Crippen molar-refractivity contribution in [2.24, 2.45) is 0 Å². The molecule has 12 heteroatoms. The summed E-state index contributed by atoms with van der Waals surface area (Å²) in [6.07, 6.45) is -1.34. The van der Waals surface area contributed by atoms with Crippen LogP contribution in [0.2, 0.25) is 0 Å². The Labute approximate surface area is 207 Å². The monoisotopic (exact) mass is 524 g/mol. The van der Waals surface area contributed by atoms with Crippen LogP contribution in [0.1, 0.15) is 36.4 Å². The van der Waals surface area contributed by atoms with Gasteiger partial charge in [0.25, 0.3) is 16.1 Å². The zero-order valence-corrected chi connectivity index (χ0v) is 20.4. The van der Waals surface area contributed by atoms with Gasteiger partial charge in [-0.05, 0) is 36.2 Å². The zero-order chi connectivity index (χ0) is 26.1. The summed E-state index contributed by atoms with van der Waals surface area (Å²) in [4.78, 5) is 28.1. The predicted octanol–water partition coefficient (Wildman–Crippen LogP) is 2.66. The lowest BCUT2D eigenvalue weighted by atomic mass is 9.87. The van der Waals surface area contributed by atoms with Gasteiger partial charge in [0.2, 0.25) is 11.8 Å². The molecular weight excluding hydrogens is 497 g/mol. The van der Waals surface area contributed by atoms with Gasteiger partial charge in [0.05, 0.1) is 0 Å². The highest BCUT2D eigenvalue weighted by Crippen LogP contribution is 2.38. The highest BCUT2D eigenvalue weighted by atomic mass is 32.2. The molecule has 4 rings (SSSR count). The molecule has 1 aliphatic carbocycles. The first-order chi connectivity index (χ1) is 17.0. The van der Waals surface area contributed by atoms with Crippen LogP contribution in [0, 0.1) is 12.7 Å². The van der Waals surface area contributed by atoms with Crippen molar-refractivity contribution in [3.63, 3.8) is 0 Å². The minimum Gasteiger partial charge on any atom is -0.351 e. The number of anilines is 1. The third-order valence-electron chi connectivity index (χ3n) is 6.15. The molecule has 1 aliphatic heterocycles. The molecule has 1 heterocycles. The minimum atomic E-state index is -3.70. The van der Waals surface area contributed by atoms with Gasteiger partial charge >= 0.3 is 0 Å². The first kappa shape index (κ1) is 26.1. The Morgan fingerprint density at radius 3 is 2.44 bits per heavy atom. The molecule has 194 valence electrons. The van der Waals surface area contributed by atoms with Crippen LogP contribution in [0.5, 0.6) is 0 Å². The average Bonchev–Trinajstić information content (AvgIpc) is 3.63. The Morgan fingerprint density at radius 1 is 1.14 bits per heavy atom. The average molecular weight is 525 g/mol. The van der Waals surface area contributed by atoms with Crippen molar-refractivity contribution >= 4 is 27.7 Å². The van der Waals surface area contributed by atoms with Gasteiger partial charge in [0, 0.05) is 50.6 Å². The maximum absolute atomic E-state index is 14.2. The highest BCUT2D eigenvalue weighted by Gasteiger charge is 2.47. The maximum Gasteiger partial charge on any atom is 0.279 e. The number of nitrogens with zero attached hydrogens (tertiary/aromatic N) is 2. The summed E-state index contributed by atoms with van der Waals surface area (Å²) < 4.78 is 68.7. The largest absolute Gasteiger partial charge is 0.351 e. The summed E-state index contributed by atoms with van der Waals surface area (Å²) in [5.41, 5.74) is 1.17. The molecule has 0 aromatic heterocycles. The standard InChI is InChI=1S/C24H27F3N4O4S/c1-16-5-2-3-8-20(16)22(23(33)29-18-14-24(26,27)15-18)31(19-7-4-6-17(25)13-19)21(32)9-10-28-36(34,35)30-11-12-30/h2-8,13,18,22,28H,9-12,14-15H2,1H3,(H,29,33). The van der Waals surface area contributed by atoms with E-state index in [0.717, 1.165) is 11.0 Å². The predicted molar refractivity (Wildman–Crippen MR) is 127 cm³/mol. The van der Waals surface area contributed by atoms with Gasteiger partial charge < -0.3 is 5.32 Å². The fraction of sp³-hybridized carbons (Fsp3) is 0.417. The molecule has 8 nitrogen and oxygen atoms in total. The first-order valence-electron chi connectivity index (χ1n) is 11.5. The van der Waals surface area contributed by atoms with Crippen LogP contribution in [0.3, 0.4) is 0 Å². The second-order valence-electron chi connectivity index (χ2n) is 9.02. The van der Waals surface area contributed by atoms with E-state index in [1.807, 2.05) is 0 Å². The van der Waals surface area contributed by atoms with Crippen LogP contribution < -0.4 is 14.9 Å². The Bertz CT molecular complexity index is 1250. The molecule has 1 unspecified atom stereocenters. The van der Waals surface area contributed by atoms with Crippen LogP contribution in [0.4, 0.5) is 18.9 Å². The highest BCUT2D eigenvalue weighted by molar-refractivity contribution is 7.87. The van der Waals surface area contributed by atoms with E-state index < -0.39 is 58.7 Å². The van der Waals surface area contributed by atoms with E-state index in [0.29, 0.717) is 24.2 Å². The number of rotatable bonds is 10. The smallest absolute Gasteiger partial charge is 0.279 e. The maximum atomic E-state index is 14.2. The fourth-order valence-electron chi connectivity index (χ4n) is 4.18. The molecule has 2 amide bonds. The number of alkyl halides is 2. The molecule has 2 aromatic rings. The lowest BCUT2D eigenvalue weighted by Crippen LogP contribution is -2.54. The Balaban J connectivity index is 1.65. The lowest BCUT2D eigenvalue weighted by molar-refractivity contribution is -0.132. The quantitative estimate of drug-likeness (QED) is 0.467. The molecule has 0 spiro atoms. The summed E-state index contributed by atoms with van der Waals surface area (Å²) in [5.74, 6) is -4.83. The van der Waals surface area contributed by atoms with E-state index >= 15 is 0 Å². The van der Waals surface area contributed by atoms with Gasteiger partial charge in [0.15, 0.2) is 0 Å². The van der Waals surface area contributed by atoms with Crippen molar-refractivity contribution in [3.05, 3.63) is 65.5 Å². The molecule has 0 radical (unpaired) electrons. The van der Waals surface area contributed by atoms with Crippen LogP contribution in [0.25, 0.3) is 0 Å². The van der Waals surface area contributed by atoms with E-state index in [1.54, 1.807) is 31.2 Å². The Hall–Kier alpha value is -2.96. The molecule has 1 atom stereocenters. The van der Waals surface area contributed by atoms with E-state index in [1.165, 1.54) is 22.5 Å². The van der Waals surface area contributed by atoms with E-state index in [-0.39, 0.29) is 18.7 Å². The van der Waals surface area contributed by atoms with Crippen LogP contribution >= 0.6 is 0 Å². The normalized spacial score (nSPS) is 18.2. The fourth-order valence-corrected chi connectivity index (χ4v) is 5.28. The number of aryl methyl sites for hydroxylation is 1. The molecule has 2 aromatic carbocycles. The number of hydrogen-bond acceptors (Lipinski definition) is 4. The number of hydrogen-bond donors (Lipinski definition) is 2. The number of amides is 2. The molecule has 2 fully saturated rings. The second-order valence-corrected chi connectivity index (χ2v) is 10.8. The van der Waals surface area contributed by atoms with Crippen LogP contribution in [-0.2, 0) is 19.8 Å². The second kappa shape index (κ2) is 10.2. The molecule has 1 saturated heterocycles. The van der Waals surface area contributed by atoms with Crippen LogP contribution in [0.15, 0.2) is 48.5 Å². The summed E-state index contributed by atoms with van der Waals surface area (Å²) in [6.45, 7) is 2.29. The van der Waals surface area contributed by atoms with Gasteiger partial charge in [-0.25, -0.2) is 17.9 Å². The van der Waals surface area contributed by atoms with Crippen molar-refractivity contribution in [2.75, 3.05) is 24.5 Å². The van der Waals surface area contributed by atoms with Gasteiger partial charge in [-0.3, -0.25) is 14.5 Å². The molecule has 1 saturated carbocycles. The van der Waals surface area contributed by atoms with Gasteiger partial charge in [-0.1, -0.05) is 30.3 Å². The minimum absolute atomic E-state index is 0.0798. The first-order valence-corrected chi connectivity index (χ1v) is 13.0. The third kappa shape index (κ3) is 6.05. The van der Waals surface area contributed by atoms with Gasteiger partial charge in [-0.15, -0.1) is 0 Å². The molecule has 0 bridgehead atoms. The number of halogens is 3. The number of benzene rings is 2. The topological polar surface area (TPSA) is 98.6 Å². The van der Waals surface area contributed by atoms with Gasteiger partial charge in [-0.2, -0.15) is 12.7 Å². The van der Waals surface area contributed by atoms with Crippen molar-refractivity contribution in [1.82, 2.24) is 14.3 Å². The number of carbonyl (C=O) groups excluding carboxylic acids is 2. The van der Waals surface area contributed by atoms with Crippen molar-refractivity contribution in [2.45, 2.75) is 44.2 Å². The number of nitrogens with one attached hydrogen (secondary N) is 2. The van der Waals surface area contributed by atoms with Gasteiger partial charge in [0.1, 0.15) is 11.9 Å². The third-order valence-corrected chi connectivity index (χ3v) is 7.76. The van der Waals surface area contributed by atoms with Crippen molar-refractivity contribution < 1.29 is 31.2 Å². The summed E-state index contributed by atoms with van der Waals surface area (Å²) in [6, 6.07) is 9.85. The van der Waals surface area contributed by atoms with Crippen LogP contribution in [-0.4, -0.2) is 56.1 Å². The SMILES string of the molecule is Cc1ccccc1C(C(=O)NC1CC(F)(F)C1)N(C(=O)CCNS(=O)(=O)N1CC1)c1cccc(F)c1. The molecule has 2 N–H and O–H groups in total. The zero-order valence-electron chi connectivity index (χ0n) is 19.6.